The minimum Gasteiger partial charge on any atom is -0.429 e. The van der Waals surface area contributed by atoms with E-state index in [0.717, 1.165) is 30.9 Å². The minimum absolute atomic E-state index is 0.169. The summed E-state index contributed by atoms with van der Waals surface area (Å²) in [5.41, 5.74) is -1.38. The summed E-state index contributed by atoms with van der Waals surface area (Å²) in [5.74, 6) is -7.86. The Bertz CT molecular complexity index is 1080. The van der Waals surface area contributed by atoms with Gasteiger partial charge >= 0.3 is 6.11 Å². The van der Waals surface area contributed by atoms with Gasteiger partial charge in [-0.05, 0) is 92.7 Å². The van der Waals surface area contributed by atoms with Crippen molar-refractivity contribution in [1.29, 1.82) is 0 Å². The molecule has 2 aromatic carbocycles. The molecule has 2 aliphatic rings. The van der Waals surface area contributed by atoms with Crippen molar-refractivity contribution >= 4 is 0 Å². The van der Waals surface area contributed by atoms with Gasteiger partial charge in [0.1, 0.15) is 22.9 Å². The summed E-state index contributed by atoms with van der Waals surface area (Å²) >= 11 is 0. The van der Waals surface area contributed by atoms with Crippen LogP contribution in [0.3, 0.4) is 0 Å². The second-order valence-corrected chi connectivity index (χ2v) is 10.7. The molecule has 0 aromatic heterocycles. The predicted octanol–water partition coefficient (Wildman–Crippen LogP) is 9.95. The number of benzene rings is 2. The Morgan fingerprint density at radius 1 is 0.737 bits per heavy atom. The quantitative estimate of drug-likeness (QED) is 0.183. The van der Waals surface area contributed by atoms with Crippen molar-refractivity contribution in [3.05, 3.63) is 76.6 Å². The smallest absolute Gasteiger partial charge is 0.429 e. The van der Waals surface area contributed by atoms with E-state index in [1.165, 1.54) is 38.5 Å². The topological polar surface area (TPSA) is 9.23 Å². The summed E-state index contributed by atoms with van der Waals surface area (Å²) in [6.45, 7) is 2.23. The second kappa shape index (κ2) is 12.1. The molecule has 208 valence electrons. The van der Waals surface area contributed by atoms with Crippen LogP contribution in [-0.2, 0) is 6.11 Å². The lowest BCUT2D eigenvalue weighted by Gasteiger charge is -2.29. The molecule has 0 N–H and O–H groups in total. The van der Waals surface area contributed by atoms with Gasteiger partial charge in [0.2, 0.25) is 0 Å². The van der Waals surface area contributed by atoms with Crippen molar-refractivity contribution in [3.8, 4) is 5.75 Å². The van der Waals surface area contributed by atoms with Gasteiger partial charge in [0.25, 0.3) is 0 Å². The number of hydrogen-bond acceptors (Lipinski definition) is 1. The summed E-state index contributed by atoms with van der Waals surface area (Å²) in [5, 5.41) is 0. The van der Waals surface area contributed by atoms with Crippen LogP contribution in [-0.4, -0.2) is 0 Å². The van der Waals surface area contributed by atoms with E-state index in [-0.39, 0.29) is 23.6 Å². The number of halogens is 7. The van der Waals surface area contributed by atoms with E-state index >= 15 is 0 Å². The predicted molar refractivity (Wildman–Crippen MR) is 131 cm³/mol. The van der Waals surface area contributed by atoms with Crippen LogP contribution >= 0.6 is 0 Å². The monoisotopic (exact) mass is 542 g/mol. The van der Waals surface area contributed by atoms with Crippen LogP contribution in [0.1, 0.15) is 88.2 Å². The fraction of sp³-hybridized carbons (Fsp3) is 0.533. The summed E-state index contributed by atoms with van der Waals surface area (Å²) in [6, 6.07) is 2.11. The standard InChI is InChI=1S/C30H33F7O/c1-2-3-18-4-6-19(7-5-18)8-9-20-10-12-21(13-11-20)22-14-24(31)28(25(32)15-22)30(36,37)38-23-16-26(33)29(35)27(34)17-23/h8-9,14-21H,2-7,10-13H2,1H3/b9-8+. The lowest BCUT2D eigenvalue weighted by molar-refractivity contribution is -0.189. The Balaban J connectivity index is 1.37. The third kappa shape index (κ3) is 6.73. The molecule has 2 aromatic rings. The third-order valence-corrected chi connectivity index (χ3v) is 8.05. The molecule has 0 heterocycles. The number of allylic oxidation sites excluding steroid dienone is 2. The maximum Gasteiger partial charge on any atom is 0.432 e. The molecule has 0 amide bonds. The summed E-state index contributed by atoms with van der Waals surface area (Å²) in [4.78, 5) is 0. The van der Waals surface area contributed by atoms with Crippen molar-refractivity contribution in [2.24, 2.45) is 17.8 Å². The largest absolute Gasteiger partial charge is 0.432 e. The Morgan fingerprint density at radius 2 is 1.24 bits per heavy atom. The van der Waals surface area contributed by atoms with Crippen molar-refractivity contribution in [2.45, 2.75) is 83.2 Å². The molecule has 0 radical (unpaired) electrons. The summed E-state index contributed by atoms with van der Waals surface area (Å²) in [7, 11) is 0. The number of alkyl halides is 2. The molecule has 1 nitrogen and oxygen atoms in total. The van der Waals surface area contributed by atoms with Gasteiger partial charge in [0.15, 0.2) is 17.5 Å². The first-order chi connectivity index (χ1) is 18.1. The van der Waals surface area contributed by atoms with Gasteiger partial charge in [-0.1, -0.05) is 31.9 Å². The number of hydrogen-bond donors (Lipinski definition) is 0. The van der Waals surface area contributed by atoms with Gasteiger partial charge in [-0.15, -0.1) is 0 Å². The Labute approximate surface area is 219 Å². The Hall–Kier alpha value is -2.51. The van der Waals surface area contributed by atoms with Gasteiger partial charge in [0, 0.05) is 12.1 Å². The van der Waals surface area contributed by atoms with E-state index in [1.54, 1.807) is 0 Å². The van der Waals surface area contributed by atoms with E-state index < -0.39 is 46.5 Å². The molecule has 8 heteroatoms. The fourth-order valence-electron chi connectivity index (χ4n) is 5.93. The molecule has 0 bridgehead atoms. The fourth-order valence-corrected chi connectivity index (χ4v) is 5.93. The molecule has 0 saturated heterocycles. The van der Waals surface area contributed by atoms with E-state index in [4.69, 9.17) is 0 Å². The van der Waals surface area contributed by atoms with Crippen molar-refractivity contribution < 1.29 is 35.5 Å². The zero-order valence-electron chi connectivity index (χ0n) is 21.4. The average Bonchev–Trinajstić information content (AvgIpc) is 2.86. The molecule has 0 unspecified atom stereocenters. The van der Waals surface area contributed by atoms with Crippen molar-refractivity contribution in [2.75, 3.05) is 0 Å². The lowest BCUT2D eigenvalue weighted by atomic mass is 9.76. The van der Waals surface area contributed by atoms with Gasteiger partial charge in [-0.3, -0.25) is 0 Å². The highest BCUT2D eigenvalue weighted by Gasteiger charge is 2.42. The first kappa shape index (κ1) is 28.5. The van der Waals surface area contributed by atoms with Crippen LogP contribution in [0.15, 0.2) is 36.4 Å². The van der Waals surface area contributed by atoms with E-state index in [9.17, 15) is 30.7 Å². The highest BCUT2D eigenvalue weighted by Crippen LogP contribution is 2.41. The molecule has 2 saturated carbocycles. The molecule has 2 aliphatic carbocycles. The van der Waals surface area contributed by atoms with E-state index in [2.05, 4.69) is 23.8 Å². The highest BCUT2D eigenvalue weighted by atomic mass is 19.3. The lowest BCUT2D eigenvalue weighted by Crippen LogP contribution is -2.26. The first-order valence-corrected chi connectivity index (χ1v) is 13.5. The maximum absolute atomic E-state index is 14.7. The van der Waals surface area contributed by atoms with Crippen LogP contribution < -0.4 is 4.74 Å². The SMILES string of the molecule is CCCC1CCC(/C=C/C2CCC(c3cc(F)c(C(F)(F)Oc4cc(F)c(F)c(F)c4)c(F)c3)CC2)CC1. The normalized spacial score (nSPS) is 24.6. The Morgan fingerprint density at radius 3 is 1.74 bits per heavy atom. The highest BCUT2D eigenvalue weighted by molar-refractivity contribution is 5.33. The maximum atomic E-state index is 14.7. The van der Waals surface area contributed by atoms with Crippen LogP contribution in [0, 0.1) is 46.8 Å². The van der Waals surface area contributed by atoms with Crippen LogP contribution in [0.2, 0.25) is 0 Å². The van der Waals surface area contributed by atoms with E-state index in [0.29, 0.717) is 24.7 Å². The van der Waals surface area contributed by atoms with Gasteiger partial charge in [-0.2, -0.15) is 8.78 Å². The molecule has 0 spiro atoms. The molecular formula is C30H33F7O. The van der Waals surface area contributed by atoms with Crippen molar-refractivity contribution in [1.82, 2.24) is 0 Å². The van der Waals surface area contributed by atoms with E-state index in [1.807, 2.05) is 0 Å². The van der Waals surface area contributed by atoms with Gasteiger partial charge < -0.3 is 4.74 Å². The van der Waals surface area contributed by atoms with Crippen LogP contribution in [0.5, 0.6) is 5.75 Å². The number of ether oxygens (including phenoxy) is 1. The molecule has 4 rings (SSSR count). The van der Waals surface area contributed by atoms with Crippen LogP contribution in [0.25, 0.3) is 0 Å². The summed E-state index contributed by atoms with van der Waals surface area (Å²) < 4.78 is 103. The zero-order valence-corrected chi connectivity index (χ0v) is 21.4. The zero-order chi connectivity index (χ0) is 27.4. The molecule has 2 fully saturated rings. The molecule has 0 atom stereocenters. The van der Waals surface area contributed by atoms with Gasteiger partial charge in [0.05, 0.1) is 0 Å². The molecular weight excluding hydrogens is 509 g/mol. The van der Waals surface area contributed by atoms with Crippen LogP contribution in [0.4, 0.5) is 30.7 Å². The number of rotatable bonds is 8. The van der Waals surface area contributed by atoms with Crippen molar-refractivity contribution in [3.63, 3.8) is 0 Å². The third-order valence-electron chi connectivity index (χ3n) is 8.05. The molecule has 0 aliphatic heterocycles. The second-order valence-electron chi connectivity index (χ2n) is 10.7. The average molecular weight is 543 g/mol. The summed E-state index contributed by atoms with van der Waals surface area (Å²) in [6.07, 6.45) is 10.6. The molecule has 38 heavy (non-hydrogen) atoms. The Kier molecular flexibility index (Phi) is 9.09. The minimum atomic E-state index is -4.58. The first-order valence-electron chi connectivity index (χ1n) is 13.5. The van der Waals surface area contributed by atoms with Gasteiger partial charge in [-0.25, -0.2) is 22.0 Å².